The van der Waals surface area contributed by atoms with E-state index in [2.05, 4.69) is 23.5 Å². The zero-order chi connectivity index (χ0) is 17.5. The van der Waals surface area contributed by atoms with Gasteiger partial charge in [0.1, 0.15) is 0 Å². The summed E-state index contributed by atoms with van der Waals surface area (Å²) in [7, 11) is -3.54. The van der Waals surface area contributed by atoms with Gasteiger partial charge in [-0.25, -0.2) is 13.1 Å². The van der Waals surface area contributed by atoms with Crippen molar-refractivity contribution < 1.29 is 13.2 Å². The Kier molecular flexibility index (Phi) is 7.88. The molecule has 0 saturated heterocycles. The number of rotatable bonds is 10. The Balaban J connectivity index is 2.58. The van der Waals surface area contributed by atoms with Crippen LogP contribution >= 0.6 is 0 Å². The van der Waals surface area contributed by atoms with Gasteiger partial charge in [-0.3, -0.25) is 4.79 Å². The van der Waals surface area contributed by atoms with Gasteiger partial charge in [0.2, 0.25) is 10.0 Å². The average molecular weight is 340 g/mol. The molecule has 0 aliphatic carbocycles. The van der Waals surface area contributed by atoms with Crippen molar-refractivity contribution in [1.29, 1.82) is 0 Å². The van der Waals surface area contributed by atoms with Crippen molar-refractivity contribution in [2.45, 2.75) is 51.5 Å². The smallest absolute Gasteiger partial charge is 0.240 e. The van der Waals surface area contributed by atoms with E-state index in [1.807, 2.05) is 6.92 Å². The van der Waals surface area contributed by atoms with Gasteiger partial charge >= 0.3 is 0 Å². The topological polar surface area (TPSA) is 66.5 Å². The SMILES string of the molecule is CCN(CC)CCCC(C)NS(=O)(=O)c1ccc(C(C)=O)cc1. The Morgan fingerprint density at radius 3 is 2.22 bits per heavy atom. The molecule has 23 heavy (non-hydrogen) atoms. The molecule has 0 fully saturated rings. The minimum Gasteiger partial charge on any atom is -0.304 e. The fraction of sp³-hybridized carbons (Fsp3) is 0.588. The van der Waals surface area contributed by atoms with E-state index >= 15 is 0 Å². The summed E-state index contributed by atoms with van der Waals surface area (Å²) >= 11 is 0. The van der Waals surface area contributed by atoms with Crippen LogP contribution in [0.2, 0.25) is 0 Å². The lowest BCUT2D eigenvalue weighted by atomic mass is 10.2. The number of sulfonamides is 1. The highest BCUT2D eigenvalue weighted by molar-refractivity contribution is 7.89. The lowest BCUT2D eigenvalue weighted by Crippen LogP contribution is -2.33. The first-order chi connectivity index (χ1) is 10.8. The molecule has 0 aromatic heterocycles. The molecular formula is C17H28N2O3S. The van der Waals surface area contributed by atoms with E-state index in [0.29, 0.717) is 5.56 Å². The van der Waals surface area contributed by atoms with E-state index in [0.717, 1.165) is 32.5 Å². The summed E-state index contributed by atoms with van der Waals surface area (Å²) < 4.78 is 27.4. The summed E-state index contributed by atoms with van der Waals surface area (Å²) in [6.07, 6.45) is 1.75. The van der Waals surface area contributed by atoms with Crippen molar-refractivity contribution in [2.75, 3.05) is 19.6 Å². The summed E-state index contributed by atoms with van der Waals surface area (Å²) in [5.41, 5.74) is 0.510. The van der Waals surface area contributed by atoms with Crippen LogP contribution in [0.5, 0.6) is 0 Å². The number of hydrogen-bond donors (Lipinski definition) is 1. The van der Waals surface area contributed by atoms with Gasteiger partial charge in [-0.05, 0) is 58.5 Å². The highest BCUT2D eigenvalue weighted by atomic mass is 32.2. The summed E-state index contributed by atoms with van der Waals surface area (Å²) in [6, 6.07) is 5.91. The van der Waals surface area contributed by atoms with E-state index < -0.39 is 10.0 Å². The van der Waals surface area contributed by atoms with Crippen molar-refractivity contribution in [3.05, 3.63) is 29.8 Å². The maximum atomic E-state index is 12.3. The van der Waals surface area contributed by atoms with Crippen LogP contribution in [-0.2, 0) is 10.0 Å². The molecule has 0 radical (unpaired) electrons. The number of Topliss-reactive ketones (excluding diaryl/α,β-unsaturated/α-hetero) is 1. The number of ketones is 1. The monoisotopic (exact) mass is 340 g/mol. The maximum absolute atomic E-state index is 12.3. The molecule has 0 bridgehead atoms. The first-order valence-electron chi connectivity index (χ1n) is 8.15. The van der Waals surface area contributed by atoms with E-state index in [9.17, 15) is 13.2 Å². The van der Waals surface area contributed by atoms with E-state index in [-0.39, 0.29) is 16.7 Å². The predicted octanol–water partition coefficient (Wildman–Crippen LogP) is 2.68. The third kappa shape index (κ3) is 6.41. The van der Waals surface area contributed by atoms with E-state index in [1.54, 1.807) is 12.1 Å². The zero-order valence-electron chi connectivity index (χ0n) is 14.5. The molecule has 1 unspecified atom stereocenters. The molecule has 0 amide bonds. The Hall–Kier alpha value is -1.24. The normalized spacial score (nSPS) is 13.3. The molecular weight excluding hydrogens is 312 g/mol. The molecule has 130 valence electrons. The largest absolute Gasteiger partial charge is 0.304 e. The lowest BCUT2D eigenvalue weighted by Gasteiger charge is -2.19. The molecule has 0 spiro atoms. The highest BCUT2D eigenvalue weighted by Gasteiger charge is 2.17. The van der Waals surface area contributed by atoms with E-state index in [4.69, 9.17) is 0 Å². The number of carbonyl (C=O) groups excluding carboxylic acids is 1. The number of nitrogens with zero attached hydrogens (tertiary/aromatic N) is 1. The first-order valence-corrected chi connectivity index (χ1v) is 9.64. The second-order valence-corrected chi connectivity index (χ2v) is 7.49. The highest BCUT2D eigenvalue weighted by Crippen LogP contribution is 2.12. The third-order valence-corrected chi connectivity index (χ3v) is 5.54. The zero-order valence-corrected chi connectivity index (χ0v) is 15.3. The van der Waals surface area contributed by atoms with E-state index in [1.165, 1.54) is 19.1 Å². The second kappa shape index (κ2) is 9.15. The number of benzene rings is 1. The van der Waals surface area contributed by atoms with Gasteiger partial charge in [-0.15, -0.1) is 0 Å². The Morgan fingerprint density at radius 1 is 1.17 bits per heavy atom. The number of hydrogen-bond acceptors (Lipinski definition) is 4. The summed E-state index contributed by atoms with van der Waals surface area (Å²) in [6.45, 7) is 10.6. The third-order valence-electron chi connectivity index (χ3n) is 3.93. The van der Waals surface area contributed by atoms with Crippen molar-refractivity contribution in [1.82, 2.24) is 9.62 Å². The molecule has 1 aromatic rings. The summed E-state index contributed by atoms with van der Waals surface area (Å²) in [5, 5.41) is 0. The lowest BCUT2D eigenvalue weighted by molar-refractivity contribution is 0.101. The molecule has 0 saturated carbocycles. The molecule has 1 N–H and O–H groups in total. The van der Waals surface area contributed by atoms with Gasteiger partial charge in [0.15, 0.2) is 5.78 Å². The Labute approximate surface area is 140 Å². The van der Waals surface area contributed by atoms with Crippen molar-refractivity contribution >= 4 is 15.8 Å². The van der Waals surface area contributed by atoms with Crippen LogP contribution in [0.25, 0.3) is 0 Å². The van der Waals surface area contributed by atoms with Crippen LogP contribution in [0.15, 0.2) is 29.2 Å². The minimum absolute atomic E-state index is 0.0772. The summed E-state index contributed by atoms with van der Waals surface area (Å²) in [4.78, 5) is 13.8. The predicted molar refractivity (Wildman–Crippen MR) is 93.3 cm³/mol. The molecule has 1 aromatic carbocycles. The quantitative estimate of drug-likeness (QED) is 0.665. The van der Waals surface area contributed by atoms with Crippen LogP contribution in [0.3, 0.4) is 0 Å². The van der Waals surface area contributed by atoms with Crippen LogP contribution in [-0.4, -0.2) is 44.8 Å². The fourth-order valence-corrected chi connectivity index (χ4v) is 3.70. The standard InChI is InChI=1S/C17H28N2O3S/c1-5-19(6-2)13-7-8-14(3)18-23(21,22)17-11-9-16(10-12-17)15(4)20/h9-12,14,18H,5-8,13H2,1-4H3. The average Bonchev–Trinajstić information content (AvgIpc) is 2.51. The molecule has 1 rings (SSSR count). The minimum atomic E-state index is -3.54. The molecule has 0 aliphatic heterocycles. The number of carbonyl (C=O) groups is 1. The van der Waals surface area contributed by atoms with Crippen LogP contribution < -0.4 is 4.72 Å². The van der Waals surface area contributed by atoms with Gasteiger partial charge in [0.25, 0.3) is 0 Å². The maximum Gasteiger partial charge on any atom is 0.240 e. The second-order valence-electron chi connectivity index (χ2n) is 5.77. The Bertz CT molecular complexity index is 593. The number of nitrogens with one attached hydrogen (secondary N) is 1. The first kappa shape index (κ1) is 19.8. The van der Waals surface area contributed by atoms with Crippen molar-refractivity contribution in [3.8, 4) is 0 Å². The molecule has 0 aliphatic rings. The molecule has 5 nitrogen and oxygen atoms in total. The van der Waals surface area contributed by atoms with Crippen molar-refractivity contribution in [3.63, 3.8) is 0 Å². The van der Waals surface area contributed by atoms with Gasteiger partial charge in [-0.1, -0.05) is 26.0 Å². The molecule has 6 heteroatoms. The van der Waals surface area contributed by atoms with Crippen molar-refractivity contribution in [2.24, 2.45) is 0 Å². The van der Waals surface area contributed by atoms with Gasteiger partial charge in [-0.2, -0.15) is 0 Å². The van der Waals surface area contributed by atoms with Crippen LogP contribution in [0.4, 0.5) is 0 Å². The van der Waals surface area contributed by atoms with Gasteiger partial charge < -0.3 is 4.90 Å². The summed E-state index contributed by atoms with van der Waals surface area (Å²) in [5.74, 6) is -0.0772. The molecule has 1 atom stereocenters. The van der Waals surface area contributed by atoms with Crippen LogP contribution in [0.1, 0.15) is 50.9 Å². The van der Waals surface area contributed by atoms with Crippen LogP contribution in [0, 0.1) is 0 Å². The van der Waals surface area contributed by atoms with Gasteiger partial charge in [0.05, 0.1) is 4.90 Å². The van der Waals surface area contributed by atoms with Gasteiger partial charge in [0, 0.05) is 11.6 Å². The molecule has 0 heterocycles. The Morgan fingerprint density at radius 2 is 1.74 bits per heavy atom. The fourth-order valence-electron chi connectivity index (χ4n) is 2.42.